The number of alkyl halides is 1. The molecule has 0 aliphatic heterocycles. The molecule has 0 radical (unpaired) electrons. The molecule has 84 valence electrons. The van der Waals surface area contributed by atoms with Gasteiger partial charge in [0.05, 0.1) is 10.2 Å². The van der Waals surface area contributed by atoms with Crippen molar-refractivity contribution in [3.05, 3.63) is 21.1 Å². The molecule has 3 nitrogen and oxygen atoms in total. The quantitative estimate of drug-likeness (QED) is 0.796. The highest BCUT2D eigenvalue weighted by atomic mass is 79.9. The number of rotatable bonds is 2. The molecule has 0 aliphatic rings. The molecule has 0 atom stereocenters. The number of hydrogen-bond donors (Lipinski definition) is 1. The Bertz CT molecular complexity index is 558. The Morgan fingerprint density at radius 2 is 2.25 bits per heavy atom. The van der Waals surface area contributed by atoms with Crippen molar-refractivity contribution < 1.29 is 4.79 Å². The predicted octanol–water partition coefficient (Wildman–Crippen LogP) is 4.00. The average Bonchev–Trinajstić information content (AvgIpc) is 2.60. The maximum absolute atomic E-state index is 11.1. The van der Waals surface area contributed by atoms with Crippen LogP contribution in [0.3, 0.4) is 0 Å². The molecule has 0 saturated heterocycles. The largest absolute Gasteiger partial charge is 0.301 e. The second-order valence-corrected chi connectivity index (χ2v) is 6.00. The highest BCUT2D eigenvalue weighted by molar-refractivity contribution is 9.11. The lowest BCUT2D eigenvalue weighted by Gasteiger charge is -1.94. The molecular formula is C9H5Br2ClN2OS. The minimum Gasteiger partial charge on any atom is -0.301 e. The number of nitrogens with one attached hydrogen (secondary N) is 1. The van der Waals surface area contributed by atoms with Crippen LogP contribution in [0.15, 0.2) is 21.1 Å². The predicted molar refractivity (Wildman–Crippen MR) is 74.4 cm³/mol. The van der Waals surface area contributed by atoms with E-state index in [9.17, 15) is 4.79 Å². The van der Waals surface area contributed by atoms with E-state index < -0.39 is 0 Å². The molecule has 0 bridgehead atoms. The fourth-order valence-corrected chi connectivity index (χ4v) is 3.78. The van der Waals surface area contributed by atoms with E-state index in [-0.39, 0.29) is 11.8 Å². The number of hydrogen-bond acceptors (Lipinski definition) is 3. The van der Waals surface area contributed by atoms with Crippen molar-refractivity contribution in [1.29, 1.82) is 0 Å². The van der Waals surface area contributed by atoms with Crippen molar-refractivity contribution in [3.63, 3.8) is 0 Å². The van der Waals surface area contributed by atoms with Gasteiger partial charge in [-0.3, -0.25) is 4.79 Å². The Labute approximate surface area is 117 Å². The summed E-state index contributed by atoms with van der Waals surface area (Å²) < 4.78 is 2.84. The zero-order valence-electron chi connectivity index (χ0n) is 7.76. The number of halogens is 3. The number of carbonyl (C=O) groups is 1. The molecule has 1 aromatic carbocycles. The van der Waals surface area contributed by atoms with Crippen molar-refractivity contribution >= 4 is 76.1 Å². The standard InChI is InChI=1S/C9H5Br2ClN2OS/c10-4-1-5(11)8-6(2-4)16-9(14-8)13-7(15)3-12/h1-2H,3H2,(H,13,14,15). The lowest BCUT2D eigenvalue weighted by molar-refractivity contribution is -0.113. The van der Waals surface area contributed by atoms with E-state index in [0.717, 1.165) is 19.2 Å². The highest BCUT2D eigenvalue weighted by Crippen LogP contribution is 2.33. The molecule has 16 heavy (non-hydrogen) atoms. The van der Waals surface area contributed by atoms with E-state index in [2.05, 4.69) is 42.2 Å². The molecular weight excluding hydrogens is 379 g/mol. The SMILES string of the molecule is O=C(CCl)Nc1nc2c(Br)cc(Br)cc2s1. The van der Waals surface area contributed by atoms with Gasteiger partial charge in [0.25, 0.3) is 0 Å². The summed E-state index contributed by atoms with van der Waals surface area (Å²) in [6, 6.07) is 3.86. The summed E-state index contributed by atoms with van der Waals surface area (Å²) in [5, 5.41) is 3.18. The van der Waals surface area contributed by atoms with Crippen molar-refractivity contribution in [2.24, 2.45) is 0 Å². The van der Waals surface area contributed by atoms with Gasteiger partial charge in [-0.2, -0.15) is 0 Å². The van der Waals surface area contributed by atoms with Gasteiger partial charge >= 0.3 is 0 Å². The van der Waals surface area contributed by atoms with E-state index in [1.807, 2.05) is 12.1 Å². The summed E-state index contributed by atoms with van der Waals surface area (Å²) >= 11 is 13.6. The smallest absolute Gasteiger partial charge is 0.241 e. The molecule has 0 fully saturated rings. The number of anilines is 1. The summed E-state index contributed by atoms with van der Waals surface area (Å²) in [4.78, 5) is 15.4. The first-order valence-electron chi connectivity index (χ1n) is 4.21. The molecule has 0 unspecified atom stereocenters. The van der Waals surface area contributed by atoms with Crippen LogP contribution in [0.5, 0.6) is 0 Å². The molecule has 1 aromatic heterocycles. The molecule has 2 rings (SSSR count). The fraction of sp³-hybridized carbons (Fsp3) is 0.111. The number of benzene rings is 1. The first-order chi connectivity index (χ1) is 7.60. The van der Waals surface area contributed by atoms with E-state index in [0.29, 0.717) is 5.13 Å². The Morgan fingerprint density at radius 1 is 1.50 bits per heavy atom. The molecule has 0 saturated carbocycles. The minimum absolute atomic E-state index is 0.0687. The van der Waals surface area contributed by atoms with Gasteiger partial charge in [0.2, 0.25) is 5.91 Å². The summed E-state index contributed by atoms with van der Waals surface area (Å²) in [5.41, 5.74) is 0.832. The van der Waals surface area contributed by atoms with Gasteiger partial charge in [0.1, 0.15) is 5.88 Å². The minimum atomic E-state index is -0.254. The van der Waals surface area contributed by atoms with Crippen LogP contribution in [0.25, 0.3) is 10.2 Å². The van der Waals surface area contributed by atoms with Gasteiger partial charge in [-0.05, 0) is 28.1 Å². The Balaban J connectivity index is 2.44. The lowest BCUT2D eigenvalue weighted by Crippen LogP contribution is -2.11. The van der Waals surface area contributed by atoms with Gasteiger partial charge in [-0.25, -0.2) is 4.98 Å². The zero-order chi connectivity index (χ0) is 11.7. The van der Waals surface area contributed by atoms with Crippen LogP contribution in [0.2, 0.25) is 0 Å². The van der Waals surface area contributed by atoms with Crippen molar-refractivity contribution in [2.45, 2.75) is 0 Å². The van der Waals surface area contributed by atoms with Crippen LogP contribution in [0.4, 0.5) is 5.13 Å². The maximum Gasteiger partial charge on any atom is 0.241 e. The van der Waals surface area contributed by atoms with E-state index in [1.54, 1.807) is 0 Å². The number of aromatic nitrogens is 1. The number of fused-ring (bicyclic) bond motifs is 1. The second kappa shape index (κ2) is 5.00. The first-order valence-corrected chi connectivity index (χ1v) is 7.15. The normalized spacial score (nSPS) is 10.7. The van der Waals surface area contributed by atoms with Crippen LogP contribution in [0, 0.1) is 0 Å². The summed E-state index contributed by atoms with van der Waals surface area (Å²) in [6.45, 7) is 0. The second-order valence-electron chi connectivity index (χ2n) is 2.94. The van der Waals surface area contributed by atoms with E-state index >= 15 is 0 Å². The van der Waals surface area contributed by atoms with Gasteiger partial charge in [-0.15, -0.1) is 11.6 Å². The number of nitrogens with zero attached hydrogens (tertiary/aromatic N) is 1. The third-order valence-corrected chi connectivity index (χ3v) is 4.00. The monoisotopic (exact) mass is 382 g/mol. The molecule has 0 spiro atoms. The van der Waals surface area contributed by atoms with Crippen LogP contribution in [-0.2, 0) is 4.79 Å². The van der Waals surface area contributed by atoms with Crippen LogP contribution < -0.4 is 5.32 Å². The van der Waals surface area contributed by atoms with Crippen LogP contribution in [0.1, 0.15) is 0 Å². The first kappa shape index (κ1) is 12.3. The zero-order valence-corrected chi connectivity index (χ0v) is 12.5. The fourth-order valence-electron chi connectivity index (χ4n) is 1.16. The molecule has 2 aromatic rings. The molecule has 1 amide bonds. The third-order valence-electron chi connectivity index (χ3n) is 1.78. The van der Waals surface area contributed by atoms with Gasteiger partial charge < -0.3 is 5.32 Å². The lowest BCUT2D eigenvalue weighted by atomic mass is 10.3. The Kier molecular flexibility index (Phi) is 3.84. The average molecular weight is 384 g/mol. The molecule has 7 heteroatoms. The van der Waals surface area contributed by atoms with Crippen molar-refractivity contribution in [3.8, 4) is 0 Å². The molecule has 0 aliphatic carbocycles. The molecule has 1 heterocycles. The van der Waals surface area contributed by atoms with Crippen molar-refractivity contribution in [1.82, 2.24) is 4.98 Å². The summed E-state index contributed by atoms with van der Waals surface area (Å²) in [6.07, 6.45) is 0. The molecule has 1 N–H and O–H groups in total. The Morgan fingerprint density at radius 3 is 2.94 bits per heavy atom. The summed E-state index contributed by atoms with van der Waals surface area (Å²) in [5.74, 6) is -0.322. The topological polar surface area (TPSA) is 42.0 Å². The van der Waals surface area contributed by atoms with E-state index in [4.69, 9.17) is 11.6 Å². The highest BCUT2D eigenvalue weighted by Gasteiger charge is 2.09. The van der Waals surface area contributed by atoms with Crippen LogP contribution >= 0.6 is 54.8 Å². The third kappa shape index (κ3) is 2.56. The summed E-state index contributed by atoms with van der Waals surface area (Å²) in [7, 11) is 0. The van der Waals surface area contributed by atoms with Crippen LogP contribution in [-0.4, -0.2) is 16.8 Å². The van der Waals surface area contributed by atoms with Crippen molar-refractivity contribution in [2.75, 3.05) is 11.2 Å². The van der Waals surface area contributed by atoms with E-state index in [1.165, 1.54) is 11.3 Å². The number of amides is 1. The van der Waals surface area contributed by atoms with Gasteiger partial charge in [0, 0.05) is 8.95 Å². The van der Waals surface area contributed by atoms with Gasteiger partial charge in [0.15, 0.2) is 5.13 Å². The maximum atomic E-state index is 11.1. The van der Waals surface area contributed by atoms with Gasteiger partial charge in [-0.1, -0.05) is 27.3 Å². The number of carbonyl (C=O) groups excluding carboxylic acids is 1. The Hall–Kier alpha value is -0.170. The number of thiazole rings is 1.